The molecule has 2 aromatic rings. The Bertz CT molecular complexity index is 537. The number of hydrogen-bond acceptors (Lipinski definition) is 3. The van der Waals surface area contributed by atoms with E-state index in [-0.39, 0.29) is 11.5 Å². The smallest absolute Gasteiger partial charge is 0.113 e. The maximum absolute atomic E-state index is 6.07. The highest BCUT2D eigenvalue weighted by Crippen LogP contribution is 2.50. The fourth-order valence-electron chi connectivity index (χ4n) is 2.49. The fraction of sp³-hybridized carbons (Fsp3) is 0.500. The van der Waals surface area contributed by atoms with Crippen LogP contribution in [0.4, 0.5) is 0 Å². The van der Waals surface area contributed by atoms with Crippen molar-refractivity contribution in [1.29, 1.82) is 0 Å². The van der Waals surface area contributed by atoms with Gasteiger partial charge in [0.1, 0.15) is 5.52 Å². The number of rotatable bonds is 2. The van der Waals surface area contributed by atoms with E-state index >= 15 is 0 Å². The van der Waals surface area contributed by atoms with Crippen molar-refractivity contribution in [2.75, 3.05) is 0 Å². The summed E-state index contributed by atoms with van der Waals surface area (Å²) < 4.78 is 1.80. The van der Waals surface area contributed by atoms with Crippen molar-refractivity contribution in [3.63, 3.8) is 0 Å². The molecule has 1 aliphatic rings. The van der Waals surface area contributed by atoms with Crippen molar-refractivity contribution in [3.05, 3.63) is 23.8 Å². The van der Waals surface area contributed by atoms with Gasteiger partial charge in [0.05, 0.1) is 5.52 Å². The number of nitrogens with two attached hydrogens (primary N) is 1. The molecule has 0 amide bonds. The lowest BCUT2D eigenvalue weighted by Gasteiger charge is -2.19. The number of hydrogen-bond donors (Lipinski definition) is 1. The third-order valence-corrected chi connectivity index (χ3v) is 3.85. The quantitative estimate of drug-likeness (QED) is 0.824. The average molecular weight is 216 g/mol. The molecular formula is C12H16N4. The van der Waals surface area contributed by atoms with Crippen LogP contribution in [-0.2, 0) is 12.5 Å². The van der Waals surface area contributed by atoms with Crippen LogP contribution in [0.3, 0.4) is 0 Å². The Morgan fingerprint density at radius 1 is 1.44 bits per heavy atom. The molecule has 3 rings (SSSR count). The van der Waals surface area contributed by atoms with Gasteiger partial charge in [-0.2, -0.15) is 0 Å². The van der Waals surface area contributed by atoms with Crippen molar-refractivity contribution >= 4 is 11.0 Å². The lowest BCUT2D eigenvalue weighted by molar-refractivity contribution is 0.557. The minimum atomic E-state index is 0.200. The Morgan fingerprint density at radius 2 is 2.19 bits per heavy atom. The van der Waals surface area contributed by atoms with Crippen molar-refractivity contribution in [3.8, 4) is 0 Å². The van der Waals surface area contributed by atoms with Crippen molar-refractivity contribution in [2.45, 2.75) is 31.2 Å². The monoisotopic (exact) mass is 216 g/mol. The van der Waals surface area contributed by atoms with Crippen molar-refractivity contribution in [1.82, 2.24) is 15.0 Å². The molecule has 1 aromatic carbocycles. The molecule has 0 saturated heterocycles. The highest BCUT2D eigenvalue weighted by atomic mass is 15.4. The number of aryl methyl sites for hydroxylation is 1. The molecule has 16 heavy (non-hydrogen) atoms. The zero-order valence-electron chi connectivity index (χ0n) is 9.64. The molecule has 1 unspecified atom stereocenters. The van der Waals surface area contributed by atoms with E-state index in [1.54, 1.807) is 4.68 Å². The molecule has 4 nitrogen and oxygen atoms in total. The van der Waals surface area contributed by atoms with Gasteiger partial charge in [-0.05, 0) is 37.5 Å². The maximum Gasteiger partial charge on any atom is 0.113 e. The molecule has 1 fully saturated rings. The van der Waals surface area contributed by atoms with Gasteiger partial charge in [-0.1, -0.05) is 11.3 Å². The number of benzene rings is 1. The first kappa shape index (κ1) is 9.78. The van der Waals surface area contributed by atoms with E-state index in [0.717, 1.165) is 11.0 Å². The van der Waals surface area contributed by atoms with Gasteiger partial charge >= 0.3 is 0 Å². The van der Waals surface area contributed by atoms with E-state index in [9.17, 15) is 0 Å². The molecule has 1 atom stereocenters. The zero-order valence-corrected chi connectivity index (χ0v) is 9.64. The van der Waals surface area contributed by atoms with E-state index in [2.05, 4.69) is 35.4 Å². The Hall–Kier alpha value is -1.42. The molecule has 0 aliphatic heterocycles. The highest BCUT2D eigenvalue weighted by Gasteiger charge is 2.47. The normalized spacial score (nSPS) is 19.9. The third kappa shape index (κ3) is 1.19. The number of fused-ring (bicyclic) bond motifs is 1. The summed E-state index contributed by atoms with van der Waals surface area (Å²) in [6.45, 7) is 2.09. The van der Waals surface area contributed by atoms with Gasteiger partial charge in [0.15, 0.2) is 0 Å². The summed E-state index contributed by atoms with van der Waals surface area (Å²) in [5.41, 5.74) is 9.63. The number of nitrogens with zero attached hydrogens (tertiary/aromatic N) is 3. The fourth-order valence-corrected chi connectivity index (χ4v) is 2.49. The molecule has 0 bridgehead atoms. The van der Waals surface area contributed by atoms with E-state index in [0.29, 0.717) is 0 Å². The predicted molar refractivity (Wildman–Crippen MR) is 63.1 cm³/mol. The van der Waals surface area contributed by atoms with Crippen molar-refractivity contribution in [2.24, 2.45) is 12.8 Å². The maximum atomic E-state index is 6.07. The molecule has 1 saturated carbocycles. The summed E-state index contributed by atoms with van der Waals surface area (Å²) in [6, 6.07) is 6.61. The summed E-state index contributed by atoms with van der Waals surface area (Å²) in [6.07, 6.45) is 2.38. The topological polar surface area (TPSA) is 56.7 Å². The summed E-state index contributed by atoms with van der Waals surface area (Å²) in [7, 11) is 1.91. The molecule has 2 N–H and O–H groups in total. The van der Waals surface area contributed by atoms with Crippen LogP contribution in [0.1, 0.15) is 25.3 Å². The zero-order chi connectivity index (χ0) is 11.3. The van der Waals surface area contributed by atoms with Gasteiger partial charge in [-0.3, -0.25) is 0 Å². The van der Waals surface area contributed by atoms with Crippen LogP contribution in [0.5, 0.6) is 0 Å². The van der Waals surface area contributed by atoms with Crippen LogP contribution >= 0.6 is 0 Å². The lowest BCUT2D eigenvalue weighted by Crippen LogP contribution is -2.31. The molecule has 1 aliphatic carbocycles. The second-order valence-corrected chi connectivity index (χ2v) is 4.86. The lowest BCUT2D eigenvalue weighted by atomic mass is 9.89. The summed E-state index contributed by atoms with van der Waals surface area (Å²) >= 11 is 0. The highest BCUT2D eigenvalue weighted by molar-refractivity contribution is 5.75. The van der Waals surface area contributed by atoms with Crippen LogP contribution < -0.4 is 5.73 Å². The molecule has 1 heterocycles. The largest absolute Gasteiger partial charge is 0.327 e. The molecule has 1 aromatic heterocycles. The van der Waals surface area contributed by atoms with Gasteiger partial charge in [0, 0.05) is 18.5 Å². The van der Waals surface area contributed by atoms with Crippen LogP contribution in [0, 0.1) is 0 Å². The Balaban J connectivity index is 2.12. The second-order valence-electron chi connectivity index (χ2n) is 4.86. The van der Waals surface area contributed by atoms with E-state index in [1.165, 1.54) is 18.4 Å². The predicted octanol–water partition coefficient (Wildman–Crippen LogP) is 1.35. The van der Waals surface area contributed by atoms with Gasteiger partial charge in [0.25, 0.3) is 0 Å². The third-order valence-electron chi connectivity index (χ3n) is 3.85. The van der Waals surface area contributed by atoms with E-state index in [4.69, 9.17) is 5.73 Å². The molecule has 0 radical (unpaired) electrons. The van der Waals surface area contributed by atoms with Gasteiger partial charge in [-0.15, -0.1) is 5.10 Å². The Morgan fingerprint density at radius 3 is 2.81 bits per heavy atom. The second kappa shape index (κ2) is 3.04. The van der Waals surface area contributed by atoms with Gasteiger partial charge < -0.3 is 5.73 Å². The average Bonchev–Trinajstić information content (AvgIpc) is 3.00. The Labute approximate surface area is 94.4 Å². The minimum absolute atomic E-state index is 0.200. The van der Waals surface area contributed by atoms with E-state index in [1.807, 2.05) is 7.05 Å². The molecular weight excluding hydrogens is 200 g/mol. The standard InChI is InChI=1S/C12H16N4/c1-8(13)12(5-6-12)9-3-4-11-10(7-9)14-15-16(11)2/h3-4,7-8H,5-6,13H2,1-2H3. The molecule has 84 valence electrons. The first-order valence-electron chi connectivity index (χ1n) is 5.69. The first-order valence-corrected chi connectivity index (χ1v) is 5.69. The summed E-state index contributed by atoms with van der Waals surface area (Å²) in [5, 5.41) is 8.17. The molecule has 0 spiro atoms. The van der Waals surface area contributed by atoms with Crippen molar-refractivity contribution < 1.29 is 0 Å². The summed E-state index contributed by atoms with van der Waals surface area (Å²) in [4.78, 5) is 0. The summed E-state index contributed by atoms with van der Waals surface area (Å²) in [5.74, 6) is 0. The van der Waals surface area contributed by atoms with E-state index < -0.39 is 0 Å². The van der Waals surface area contributed by atoms with Crippen LogP contribution in [0.25, 0.3) is 11.0 Å². The minimum Gasteiger partial charge on any atom is -0.327 e. The van der Waals surface area contributed by atoms with Crippen LogP contribution in [0.15, 0.2) is 18.2 Å². The van der Waals surface area contributed by atoms with Crippen LogP contribution in [-0.4, -0.2) is 21.0 Å². The van der Waals surface area contributed by atoms with Gasteiger partial charge in [0.2, 0.25) is 0 Å². The number of aromatic nitrogens is 3. The van der Waals surface area contributed by atoms with Gasteiger partial charge in [-0.25, -0.2) is 4.68 Å². The SMILES string of the molecule is CC(N)C1(c2ccc3c(c2)nnn3C)CC1. The Kier molecular flexibility index (Phi) is 1.86. The van der Waals surface area contributed by atoms with Crippen LogP contribution in [0.2, 0.25) is 0 Å². The first-order chi connectivity index (χ1) is 7.63. The molecule has 4 heteroatoms.